The van der Waals surface area contributed by atoms with E-state index in [0.29, 0.717) is 25.6 Å². The van der Waals surface area contributed by atoms with Gasteiger partial charge in [0.15, 0.2) is 5.41 Å². The zero-order chi connectivity index (χ0) is 35.8. The third-order valence-electron chi connectivity index (χ3n) is 10.9. The number of esters is 2. The van der Waals surface area contributed by atoms with Gasteiger partial charge in [-0.2, -0.15) is 0 Å². The summed E-state index contributed by atoms with van der Waals surface area (Å²) < 4.78 is 11.4. The number of rotatable bonds is 34. The van der Waals surface area contributed by atoms with Gasteiger partial charge in [0, 0.05) is 6.54 Å². The number of aliphatic hydroxyl groups excluding tert-OH is 1. The maximum atomic E-state index is 13.3. The molecule has 0 amide bonds. The number of carbonyl (C=O) groups is 2. The molecule has 0 radical (unpaired) electrons. The van der Waals surface area contributed by atoms with Crippen LogP contribution in [0.5, 0.6) is 0 Å². The third kappa shape index (κ3) is 23.9. The van der Waals surface area contributed by atoms with Gasteiger partial charge in [-0.3, -0.25) is 9.59 Å². The summed E-state index contributed by atoms with van der Waals surface area (Å²) in [7, 11) is 0. The zero-order valence-electron chi connectivity index (χ0n) is 33.2. The molecule has 1 rings (SSSR count). The predicted molar refractivity (Wildman–Crippen MR) is 207 cm³/mol. The number of hydrogen-bond donors (Lipinski definition) is 1. The van der Waals surface area contributed by atoms with Crippen molar-refractivity contribution in [2.75, 3.05) is 32.8 Å². The maximum Gasteiger partial charge on any atom is 0.323 e. The second-order valence-corrected chi connectivity index (χ2v) is 15.8. The minimum absolute atomic E-state index is 0.0937. The van der Waals surface area contributed by atoms with E-state index < -0.39 is 17.4 Å². The highest BCUT2D eigenvalue weighted by molar-refractivity contribution is 5.99. The molecule has 1 aliphatic rings. The molecule has 290 valence electrons. The Morgan fingerprint density at radius 1 is 0.551 bits per heavy atom. The number of hydrogen-bond acceptors (Lipinski definition) is 6. The highest BCUT2D eigenvalue weighted by Crippen LogP contribution is 2.30. The van der Waals surface area contributed by atoms with Crippen molar-refractivity contribution in [1.82, 2.24) is 4.90 Å². The SMILES string of the molecule is CCCCCCCCCCN(CCCCCCC(C)(C(=O)OCCCCCCCC)C(=O)OCCCCCCCC)CC1CCC(O)CC1. The molecule has 0 aromatic rings. The van der Waals surface area contributed by atoms with E-state index in [1.165, 1.54) is 109 Å². The van der Waals surface area contributed by atoms with Crippen LogP contribution < -0.4 is 0 Å². The Balaban J connectivity index is 2.55. The van der Waals surface area contributed by atoms with Crippen LogP contribution in [-0.2, 0) is 19.1 Å². The van der Waals surface area contributed by atoms with E-state index in [-0.39, 0.29) is 6.10 Å². The molecule has 1 fully saturated rings. The lowest BCUT2D eigenvalue weighted by Crippen LogP contribution is -2.39. The van der Waals surface area contributed by atoms with Gasteiger partial charge in [0.2, 0.25) is 0 Å². The van der Waals surface area contributed by atoms with Gasteiger partial charge in [-0.15, -0.1) is 0 Å². The van der Waals surface area contributed by atoms with E-state index in [4.69, 9.17) is 9.47 Å². The van der Waals surface area contributed by atoms with Crippen LogP contribution in [0.15, 0.2) is 0 Å². The molecule has 0 aromatic carbocycles. The van der Waals surface area contributed by atoms with E-state index in [0.717, 1.165) is 90.1 Å². The van der Waals surface area contributed by atoms with Gasteiger partial charge < -0.3 is 19.5 Å². The van der Waals surface area contributed by atoms with Crippen LogP contribution in [0, 0.1) is 11.3 Å². The second kappa shape index (κ2) is 31.6. The smallest absolute Gasteiger partial charge is 0.323 e. The molecular formula is C43H83NO5. The molecule has 0 spiro atoms. The maximum absolute atomic E-state index is 13.3. The summed E-state index contributed by atoms with van der Waals surface area (Å²) in [6, 6.07) is 0. The summed E-state index contributed by atoms with van der Waals surface area (Å²) in [5.74, 6) is -0.0888. The summed E-state index contributed by atoms with van der Waals surface area (Å²) in [5, 5.41) is 10.00. The molecule has 6 nitrogen and oxygen atoms in total. The molecule has 0 aliphatic heterocycles. The molecule has 1 N–H and O–H groups in total. The summed E-state index contributed by atoms with van der Waals surface area (Å²) in [4.78, 5) is 29.4. The standard InChI is InChI=1S/C43H83NO5/c1-5-8-11-14-17-18-20-25-34-44(38-39-29-31-40(45)32-30-39)35-26-21-19-24-33-43(4,41(46)48-36-27-22-15-12-9-6-2)42(47)49-37-28-23-16-13-10-7-3/h39-40,45H,5-38H2,1-4H3. The molecule has 0 heterocycles. The lowest BCUT2D eigenvalue weighted by Gasteiger charge is -2.31. The average molecular weight is 694 g/mol. The fraction of sp³-hybridized carbons (Fsp3) is 0.953. The molecule has 6 heteroatoms. The largest absolute Gasteiger partial charge is 0.465 e. The first kappa shape index (κ1) is 45.9. The number of unbranched alkanes of at least 4 members (excludes halogenated alkanes) is 20. The molecule has 0 saturated heterocycles. The number of aliphatic hydroxyl groups is 1. The summed E-state index contributed by atoms with van der Waals surface area (Å²) in [6.45, 7) is 12.7. The summed E-state index contributed by atoms with van der Waals surface area (Å²) >= 11 is 0. The minimum Gasteiger partial charge on any atom is -0.465 e. The third-order valence-corrected chi connectivity index (χ3v) is 10.9. The van der Waals surface area contributed by atoms with Crippen molar-refractivity contribution in [3.05, 3.63) is 0 Å². The topological polar surface area (TPSA) is 76.1 Å². The molecule has 0 atom stereocenters. The van der Waals surface area contributed by atoms with Crippen molar-refractivity contribution in [3.8, 4) is 0 Å². The quantitative estimate of drug-likeness (QED) is 0.0411. The lowest BCUT2D eigenvalue weighted by atomic mass is 9.84. The number of carbonyl (C=O) groups excluding carboxylic acids is 2. The van der Waals surface area contributed by atoms with E-state index >= 15 is 0 Å². The van der Waals surface area contributed by atoms with Gasteiger partial charge >= 0.3 is 11.9 Å². The normalized spacial score (nSPS) is 16.7. The molecule has 0 aromatic heterocycles. The Labute approximate surface area is 304 Å². The summed E-state index contributed by atoms with van der Waals surface area (Å²) in [6.07, 6.45) is 33.1. The predicted octanol–water partition coefficient (Wildman–Crippen LogP) is 11.7. The number of ether oxygens (including phenoxy) is 2. The fourth-order valence-electron chi connectivity index (χ4n) is 7.32. The first-order valence-electron chi connectivity index (χ1n) is 21.6. The zero-order valence-corrected chi connectivity index (χ0v) is 33.2. The van der Waals surface area contributed by atoms with E-state index in [9.17, 15) is 14.7 Å². The van der Waals surface area contributed by atoms with Crippen molar-refractivity contribution in [1.29, 1.82) is 0 Å². The van der Waals surface area contributed by atoms with Gasteiger partial charge in [0.05, 0.1) is 19.3 Å². The second-order valence-electron chi connectivity index (χ2n) is 15.8. The van der Waals surface area contributed by atoms with Crippen molar-refractivity contribution in [2.45, 2.75) is 220 Å². The Morgan fingerprint density at radius 3 is 1.35 bits per heavy atom. The Kier molecular flexibility index (Phi) is 29.6. The first-order chi connectivity index (χ1) is 23.9. The van der Waals surface area contributed by atoms with Crippen LogP contribution in [0.2, 0.25) is 0 Å². The highest BCUT2D eigenvalue weighted by Gasteiger charge is 2.43. The minimum atomic E-state index is -1.22. The van der Waals surface area contributed by atoms with Gasteiger partial charge in [-0.05, 0) is 83.7 Å². The van der Waals surface area contributed by atoms with E-state index in [2.05, 4.69) is 25.7 Å². The van der Waals surface area contributed by atoms with Crippen molar-refractivity contribution >= 4 is 11.9 Å². The van der Waals surface area contributed by atoms with Crippen LogP contribution >= 0.6 is 0 Å². The van der Waals surface area contributed by atoms with Crippen LogP contribution in [0.25, 0.3) is 0 Å². The molecule has 1 saturated carbocycles. The van der Waals surface area contributed by atoms with Crippen LogP contribution in [0.4, 0.5) is 0 Å². The van der Waals surface area contributed by atoms with Crippen LogP contribution in [-0.4, -0.2) is 60.9 Å². The van der Waals surface area contributed by atoms with Crippen LogP contribution in [0.1, 0.15) is 214 Å². The van der Waals surface area contributed by atoms with Gasteiger partial charge in [0.1, 0.15) is 0 Å². The molecule has 49 heavy (non-hydrogen) atoms. The highest BCUT2D eigenvalue weighted by atomic mass is 16.6. The molecular weight excluding hydrogens is 610 g/mol. The van der Waals surface area contributed by atoms with Gasteiger partial charge in [0.25, 0.3) is 0 Å². The van der Waals surface area contributed by atoms with Gasteiger partial charge in [-0.1, -0.05) is 149 Å². The molecule has 0 bridgehead atoms. The average Bonchev–Trinajstić information content (AvgIpc) is 3.10. The van der Waals surface area contributed by atoms with Gasteiger partial charge in [-0.25, -0.2) is 0 Å². The summed E-state index contributed by atoms with van der Waals surface area (Å²) in [5.41, 5.74) is -1.22. The van der Waals surface area contributed by atoms with E-state index in [1.54, 1.807) is 6.92 Å². The molecule has 1 aliphatic carbocycles. The van der Waals surface area contributed by atoms with Crippen LogP contribution in [0.3, 0.4) is 0 Å². The lowest BCUT2D eigenvalue weighted by molar-refractivity contribution is -0.172. The fourth-order valence-corrected chi connectivity index (χ4v) is 7.32. The Hall–Kier alpha value is -1.14. The monoisotopic (exact) mass is 694 g/mol. The van der Waals surface area contributed by atoms with Crippen molar-refractivity contribution in [3.63, 3.8) is 0 Å². The first-order valence-corrected chi connectivity index (χ1v) is 21.6. The van der Waals surface area contributed by atoms with Crippen molar-refractivity contribution < 1.29 is 24.2 Å². The number of nitrogens with zero attached hydrogens (tertiary/aromatic N) is 1. The Morgan fingerprint density at radius 2 is 0.918 bits per heavy atom. The van der Waals surface area contributed by atoms with Crippen molar-refractivity contribution in [2.24, 2.45) is 11.3 Å². The Bertz CT molecular complexity index is 735. The van der Waals surface area contributed by atoms with E-state index in [1.807, 2.05) is 0 Å². The molecule has 0 unspecified atom stereocenters.